The van der Waals surface area contributed by atoms with Crippen molar-refractivity contribution in [1.29, 1.82) is 0 Å². The molecule has 0 unspecified atom stereocenters. The molecule has 0 aliphatic heterocycles. The van der Waals surface area contributed by atoms with Gasteiger partial charge < -0.3 is 5.11 Å². The van der Waals surface area contributed by atoms with Gasteiger partial charge in [-0.05, 0) is 24.3 Å². The maximum absolute atomic E-state index is 10.8. The summed E-state index contributed by atoms with van der Waals surface area (Å²) in [6.45, 7) is 0. The van der Waals surface area contributed by atoms with Crippen molar-refractivity contribution in [2.45, 2.75) is 0 Å². The summed E-state index contributed by atoms with van der Waals surface area (Å²) >= 11 is 0. The first kappa shape index (κ1) is 12.0. The summed E-state index contributed by atoms with van der Waals surface area (Å²) < 4.78 is 1.66. The number of aromatic carboxylic acids is 1. The number of carbonyl (C=O) groups is 1. The van der Waals surface area contributed by atoms with Crippen molar-refractivity contribution in [1.82, 2.24) is 19.7 Å². The van der Waals surface area contributed by atoms with Crippen molar-refractivity contribution in [3.05, 3.63) is 60.8 Å². The van der Waals surface area contributed by atoms with Gasteiger partial charge in [0, 0.05) is 24.2 Å². The largest absolute Gasteiger partial charge is 0.478 e. The highest BCUT2D eigenvalue weighted by Crippen LogP contribution is 2.17. The van der Waals surface area contributed by atoms with E-state index in [1.807, 2.05) is 6.20 Å². The van der Waals surface area contributed by atoms with Crippen LogP contribution < -0.4 is 0 Å². The molecule has 6 heteroatoms. The van der Waals surface area contributed by atoms with Crippen molar-refractivity contribution in [3.8, 4) is 16.9 Å². The molecule has 3 rings (SSSR count). The first-order valence-corrected chi connectivity index (χ1v) is 5.89. The van der Waals surface area contributed by atoms with Crippen molar-refractivity contribution in [2.75, 3.05) is 0 Å². The molecule has 0 aliphatic carbocycles. The molecule has 0 fully saturated rings. The van der Waals surface area contributed by atoms with Crippen LogP contribution in [0.2, 0.25) is 0 Å². The van der Waals surface area contributed by atoms with E-state index in [0.717, 1.165) is 16.9 Å². The molecule has 0 amide bonds. The summed E-state index contributed by atoms with van der Waals surface area (Å²) in [7, 11) is 0. The van der Waals surface area contributed by atoms with E-state index in [-0.39, 0.29) is 5.56 Å². The molecule has 0 bridgehead atoms. The summed E-state index contributed by atoms with van der Waals surface area (Å²) in [4.78, 5) is 19.0. The maximum Gasteiger partial charge on any atom is 0.335 e. The van der Waals surface area contributed by atoms with Crippen molar-refractivity contribution < 1.29 is 9.90 Å². The fraction of sp³-hybridized carbons (Fsp3) is 0. The minimum absolute atomic E-state index is 0.245. The molecular formula is C14H10N4O2. The zero-order valence-corrected chi connectivity index (χ0v) is 10.3. The number of carboxylic acid groups (broad SMARTS) is 1. The van der Waals surface area contributed by atoms with Gasteiger partial charge in [0.15, 0.2) is 0 Å². The average Bonchev–Trinajstić information content (AvgIpc) is 2.98. The van der Waals surface area contributed by atoms with Gasteiger partial charge in [0.25, 0.3) is 0 Å². The van der Waals surface area contributed by atoms with E-state index in [0.29, 0.717) is 0 Å². The van der Waals surface area contributed by atoms with Crippen LogP contribution >= 0.6 is 0 Å². The molecule has 6 nitrogen and oxygen atoms in total. The number of hydrogen-bond donors (Lipinski definition) is 1. The molecule has 1 aromatic carbocycles. The lowest BCUT2D eigenvalue weighted by molar-refractivity contribution is 0.0697. The van der Waals surface area contributed by atoms with Crippen LogP contribution in [0.5, 0.6) is 0 Å². The molecule has 0 saturated carbocycles. The Morgan fingerprint density at radius 1 is 1.10 bits per heavy atom. The van der Waals surface area contributed by atoms with Crippen LogP contribution in [0.3, 0.4) is 0 Å². The van der Waals surface area contributed by atoms with Crippen LogP contribution in [-0.2, 0) is 0 Å². The minimum atomic E-state index is -0.947. The molecule has 0 radical (unpaired) electrons. The Morgan fingerprint density at radius 2 is 1.90 bits per heavy atom. The molecule has 3 aromatic rings. The number of hydrogen-bond acceptors (Lipinski definition) is 4. The third-order valence-electron chi connectivity index (χ3n) is 2.82. The molecule has 0 aliphatic rings. The highest BCUT2D eigenvalue weighted by molar-refractivity contribution is 5.87. The van der Waals surface area contributed by atoms with E-state index in [1.54, 1.807) is 53.7 Å². The van der Waals surface area contributed by atoms with E-state index in [2.05, 4.69) is 15.1 Å². The summed E-state index contributed by atoms with van der Waals surface area (Å²) in [5.41, 5.74) is 2.61. The predicted octanol–water partition coefficient (Wildman–Crippen LogP) is 2.03. The molecule has 2 heterocycles. The Hall–Kier alpha value is -3.02. The van der Waals surface area contributed by atoms with Crippen LogP contribution in [0.4, 0.5) is 0 Å². The van der Waals surface area contributed by atoms with Gasteiger partial charge in [-0.1, -0.05) is 0 Å². The topological polar surface area (TPSA) is 80.9 Å². The normalized spacial score (nSPS) is 10.4. The third-order valence-corrected chi connectivity index (χ3v) is 2.82. The SMILES string of the molecule is O=C(O)c1ccc(-n2cc(-c3cnccn3)cn2)cc1. The molecule has 98 valence electrons. The molecule has 0 spiro atoms. The van der Waals surface area contributed by atoms with Gasteiger partial charge in [-0.25, -0.2) is 9.48 Å². The van der Waals surface area contributed by atoms with Gasteiger partial charge in [0.2, 0.25) is 0 Å². The van der Waals surface area contributed by atoms with E-state index < -0.39 is 5.97 Å². The zero-order valence-electron chi connectivity index (χ0n) is 10.3. The van der Waals surface area contributed by atoms with Crippen LogP contribution in [0, 0.1) is 0 Å². The lowest BCUT2D eigenvalue weighted by atomic mass is 10.2. The second-order valence-corrected chi connectivity index (χ2v) is 4.12. The van der Waals surface area contributed by atoms with Gasteiger partial charge in [0.1, 0.15) is 0 Å². The number of nitrogens with zero attached hydrogens (tertiary/aromatic N) is 4. The Bertz CT molecular complexity index is 735. The lowest BCUT2D eigenvalue weighted by Gasteiger charge is -2.01. The maximum atomic E-state index is 10.8. The number of rotatable bonds is 3. The van der Waals surface area contributed by atoms with Crippen LogP contribution in [0.25, 0.3) is 16.9 Å². The average molecular weight is 266 g/mol. The molecule has 2 aromatic heterocycles. The number of benzene rings is 1. The second kappa shape index (κ2) is 4.93. The van der Waals surface area contributed by atoms with E-state index in [9.17, 15) is 4.79 Å². The summed E-state index contributed by atoms with van der Waals surface area (Å²) in [6, 6.07) is 6.50. The van der Waals surface area contributed by atoms with Crippen LogP contribution in [0.15, 0.2) is 55.2 Å². The summed E-state index contributed by atoms with van der Waals surface area (Å²) in [6.07, 6.45) is 8.40. The Kier molecular flexibility index (Phi) is 2.96. The number of carboxylic acids is 1. The standard InChI is InChI=1S/C14H10N4O2/c19-14(20)10-1-3-12(4-2-10)18-9-11(7-17-18)13-8-15-5-6-16-13/h1-9H,(H,19,20). The monoisotopic (exact) mass is 266 g/mol. The summed E-state index contributed by atoms with van der Waals surface area (Å²) in [5, 5.41) is 13.1. The first-order valence-electron chi connectivity index (χ1n) is 5.89. The van der Waals surface area contributed by atoms with Crippen LogP contribution in [0.1, 0.15) is 10.4 Å². The highest BCUT2D eigenvalue weighted by Gasteiger charge is 2.06. The Labute approximate surface area is 114 Å². The van der Waals surface area contributed by atoms with Gasteiger partial charge >= 0.3 is 5.97 Å². The molecule has 20 heavy (non-hydrogen) atoms. The molecule has 0 saturated heterocycles. The van der Waals surface area contributed by atoms with Crippen molar-refractivity contribution >= 4 is 5.97 Å². The zero-order chi connectivity index (χ0) is 13.9. The predicted molar refractivity (Wildman–Crippen MR) is 71.5 cm³/mol. The van der Waals surface area contributed by atoms with E-state index in [1.165, 1.54) is 0 Å². The Balaban J connectivity index is 1.92. The first-order chi connectivity index (χ1) is 9.74. The Morgan fingerprint density at radius 3 is 2.55 bits per heavy atom. The van der Waals surface area contributed by atoms with Gasteiger partial charge in [-0.3, -0.25) is 9.97 Å². The van der Waals surface area contributed by atoms with Crippen LogP contribution in [-0.4, -0.2) is 30.8 Å². The molecule has 1 N–H and O–H groups in total. The van der Waals surface area contributed by atoms with E-state index >= 15 is 0 Å². The highest BCUT2D eigenvalue weighted by atomic mass is 16.4. The smallest absolute Gasteiger partial charge is 0.335 e. The molecule has 0 atom stereocenters. The third kappa shape index (κ3) is 2.26. The summed E-state index contributed by atoms with van der Waals surface area (Å²) in [5.74, 6) is -0.947. The fourth-order valence-corrected chi connectivity index (χ4v) is 1.80. The molecular weight excluding hydrogens is 256 g/mol. The minimum Gasteiger partial charge on any atom is -0.478 e. The van der Waals surface area contributed by atoms with Crippen molar-refractivity contribution in [3.63, 3.8) is 0 Å². The van der Waals surface area contributed by atoms with Gasteiger partial charge in [-0.15, -0.1) is 0 Å². The second-order valence-electron chi connectivity index (χ2n) is 4.12. The quantitative estimate of drug-likeness (QED) is 0.784. The van der Waals surface area contributed by atoms with Crippen molar-refractivity contribution in [2.24, 2.45) is 0 Å². The van der Waals surface area contributed by atoms with Gasteiger partial charge in [0.05, 0.1) is 29.3 Å². The van der Waals surface area contributed by atoms with E-state index in [4.69, 9.17) is 5.11 Å². The van der Waals surface area contributed by atoms with Gasteiger partial charge in [-0.2, -0.15) is 5.10 Å². The lowest BCUT2D eigenvalue weighted by Crippen LogP contribution is -1.98. The number of aromatic nitrogens is 4. The fourth-order valence-electron chi connectivity index (χ4n) is 1.80.